The van der Waals surface area contributed by atoms with Crippen molar-refractivity contribution in [3.05, 3.63) is 53.0 Å². The highest BCUT2D eigenvalue weighted by molar-refractivity contribution is 5.76. The SMILES string of the molecule is CN1CCN(C(=O)Cn2ccccc2=O)C[C@@H]1c1ncc[nH]1. The highest BCUT2D eigenvalue weighted by Gasteiger charge is 2.29. The molecule has 7 nitrogen and oxygen atoms in total. The molecule has 2 aromatic heterocycles. The van der Waals surface area contributed by atoms with Gasteiger partial charge in [0.2, 0.25) is 5.91 Å². The van der Waals surface area contributed by atoms with Crippen LogP contribution in [0.2, 0.25) is 0 Å². The molecule has 1 amide bonds. The van der Waals surface area contributed by atoms with Crippen LogP contribution in [0.4, 0.5) is 0 Å². The van der Waals surface area contributed by atoms with Gasteiger partial charge < -0.3 is 14.5 Å². The number of likely N-dealkylation sites (N-methyl/N-ethyl adjacent to an activating group) is 1. The summed E-state index contributed by atoms with van der Waals surface area (Å²) in [6, 6.07) is 4.94. The fourth-order valence-corrected chi connectivity index (χ4v) is 2.69. The Morgan fingerprint density at radius 2 is 2.27 bits per heavy atom. The lowest BCUT2D eigenvalue weighted by Crippen LogP contribution is -2.50. The summed E-state index contributed by atoms with van der Waals surface area (Å²) in [5.41, 5.74) is -0.160. The molecule has 0 radical (unpaired) electrons. The molecule has 1 aliphatic rings. The van der Waals surface area contributed by atoms with Crippen LogP contribution < -0.4 is 5.56 Å². The molecule has 3 heterocycles. The Hall–Kier alpha value is -2.41. The van der Waals surface area contributed by atoms with Gasteiger partial charge in [-0.2, -0.15) is 0 Å². The second-order valence-corrected chi connectivity index (χ2v) is 5.48. The normalized spacial score (nSPS) is 19.3. The molecule has 1 fully saturated rings. The lowest BCUT2D eigenvalue weighted by molar-refractivity contribution is -0.134. The lowest BCUT2D eigenvalue weighted by Gasteiger charge is -2.38. The van der Waals surface area contributed by atoms with Crippen molar-refractivity contribution in [2.24, 2.45) is 0 Å². The van der Waals surface area contributed by atoms with Crippen molar-refractivity contribution in [3.63, 3.8) is 0 Å². The largest absolute Gasteiger partial charge is 0.347 e. The van der Waals surface area contributed by atoms with E-state index in [1.165, 1.54) is 10.6 Å². The number of aromatic nitrogens is 3. The third-order valence-electron chi connectivity index (χ3n) is 4.04. The summed E-state index contributed by atoms with van der Waals surface area (Å²) in [5, 5.41) is 0. The minimum atomic E-state index is -0.160. The van der Waals surface area contributed by atoms with Crippen LogP contribution in [0.5, 0.6) is 0 Å². The second kappa shape index (κ2) is 6.15. The molecule has 116 valence electrons. The van der Waals surface area contributed by atoms with Crippen molar-refractivity contribution >= 4 is 5.91 Å². The van der Waals surface area contributed by atoms with Crippen LogP contribution in [-0.2, 0) is 11.3 Å². The maximum Gasteiger partial charge on any atom is 0.250 e. The quantitative estimate of drug-likeness (QED) is 0.872. The third kappa shape index (κ3) is 2.94. The van der Waals surface area contributed by atoms with Gasteiger partial charge in [-0.25, -0.2) is 4.98 Å². The van der Waals surface area contributed by atoms with Crippen molar-refractivity contribution in [3.8, 4) is 0 Å². The average molecular weight is 301 g/mol. The number of rotatable bonds is 3. The van der Waals surface area contributed by atoms with Gasteiger partial charge in [0.05, 0.1) is 6.04 Å². The first kappa shape index (κ1) is 14.5. The fraction of sp³-hybridized carbons (Fsp3) is 0.400. The van der Waals surface area contributed by atoms with Crippen LogP contribution in [0.15, 0.2) is 41.6 Å². The van der Waals surface area contributed by atoms with Gasteiger partial charge >= 0.3 is 0 Å². The van der Waals surface area contributed by atoms with E-state index in [0.29, 0.717) is 13.1 Å². The zero-order valence-corrected chi connectivity index (χ0v) is 12.5. The summed E-state index contributed by atoms with van der Waals surface area (Å²) in [5.74, 6) is 0.815. The van der Waals surface area contributed by atoms with Crippen molar-refractivity contribution in [2.75, 3.05) is 26.7 Å². The summed E-state index contributed by atoms with van der Waals surface area (Å²) in [6.45, 7) is 2.09. The molecule has 1 aliphatic heterocycles. The molecule has 22 heavy (non-hydrogen) atoms. The van der Waals surface area contributed by atoms with Crippen molar-refractivity contribution in [2.45, 2.75) is 12.6 Å². The number of H-pyrrole nitrogens is 1. The number of carbonyl (C=O) groups is 1. The van der Waals surface area contributed by atoms with Gasteiger partial charge in [0.25, 0.3) is 5.56 Å². The number of amides is 1. The van der Waals surface area contributed by atoms with Gasteiger partial charge in [-0.3, -0.25) is 14.5 Å². The Morgan fingerprint density at radius 3 is 3.00 bits per heavy atom. The highest BCUT2D eigenvalue weighted by Crippen LogP contribution is 2.21. The molecular weight excluding hydrogens is 282 g/mol. The van der Waals surface area contributed by atoms with Crippen LogP contribution in [0.3, 0.4) is 0 Å². The first-order valence-electron chi connectivity index (χ1n) is 7.28. The number of pyridine rings is 1. The van der Waals surface area contributed by atoms with Crippen LogP contribution >= 0.6 is 0 Å². The number of carbonyl (C=O) groups excluding carboxylic acids is 1. The molecule has 7 heteroatoms. The van der Waals surface area contributed by atoms with E-state index in [-0.39, 0.29) is 24.1 Å². The van der Waals surface area contributed by atoms with Gasteiger partial charge in [-0.05, 0) is 13.1 Å². The third-order valence-corrected chi connectivity index (χ3v) is 4.04. The van der Waals surface area contributed by atoms with E-state index < -0.39 is 0 Å². The fourth-order valence-electron chi connectivity index (χ4n) is 2.69. The molecule has 0 bridgehead atoms. The van der Waals surface area contributed by atoms with E-state index >= 15 is 0 Å². The average Bonchev–Trinajstić information content (AvgIpc) is 3.04. The van der Waals surface area contributed by atoms with E-state index in [4.69, 9.17) is 0 Å². The minimum Gasteiger partial charge on any atom is -0.347 e. The molecule has 3 rings (SSSR count). The Bertz CT molecular complexity index is 694. The van der Waals surface area contributed by atoms with Gasteiger partial charge in [0, 0.05) is 44.3 Å². The van der Waals surface area contributed by atoms with E-state index in [1.54, 1.807) is 35.6 Å². The monoisotopic (exact) mass is 301 g/mol. The first-order valence-corrected chi connectivity index (χ1v) is 7.28. The minimum absolute atomic E-state index is 0.0436. The van der Waals surface area contributed by atoms with Crippen LogP contribution in [0.25, 0.3) is 0 Å². The Balaban J connectivity index is 1.71. The van der Waals surface area contributed by atoms with Gasteiger partial charge in [0.15, 0.2) is 0 Å². The van der Waals surface area contributed by atoms with E-state index in [0.717, 1.165) is 12.4 Å². The summed E-state index contributed by atoms with van der Waals surface area (Å²) in [7, 11) is 2.02. The summed E-state index contributed by atoms with van der Waals surface area (Å²) in [4.78, 5) is 35.5. The zero-order chi connectivity index (χ0) is 15.5. The Kier molecular flexibility index (Phi) is 4.06. The number of piperazine rings is 1. The molecule has 1 saturated heterocycles. The number of aromatic amines is 1. The Labute approximate surface area is 128 Å². The van der Waals surface area contributed by atoms with E-state index in [1.807, 2.05) is 7.05 Å². The Morgan fingerprint density at radius 1 is 1.41 bits per heavy atom. The molecule has 0 unspecified atom stereocenters. The molecule has 0 aliphatic carbocycles. The topological polar surface area (TPSA) is 74.2 Å². The smallest absolute Gasteiger partial charge is 0.250 e. The maximum atomic E-state index is 12.5. The molecular formula is C15H19N5O2. The molecule has 0 aromatic carbocycles. The molecule has 1 atom stereocenters. The predicted octanol–water partition coefficient (Wildman–Crippen LogP) is 0.0867. The molecule has 0 spiro atoms. The van der Waals surface area contributed by atoms with Crippen LogP contribution in [-0.4, -0.2) is 56.9 Å². The second-order valence-electron chi connectivity index (χ2n) is 5.48. The van der Waals surface area contributed by atoms with Crippen molar-refractivity contribution in [1.29, 1.82) is 0 Å². The van der Waals surface area contributed by atoms with Crippen LogP contribution in [0.1, 0.15) is 11.9 Å². The predicted molar refractivity (Wildman–Crippen MR) is 81.2 cm³/mol. The molecule has 0 saturated carbocycles. The highest BCUT2D eigenvalue weighted by atomic mass is 16.2. The van der Waals surface area contributed by atoms with Crippen LogP contribution in [0, 0.1) is 0 Å². The number of hydrogen-bond donors (Lipinski definition) is 1. The lowest BCUT2D eigenvalue weighted by atomic mass is 10.1. The number of hydrogen-bond acceptors (Lipinski definition) is 4. The van der Waals surface area contributed by atoms with Crippen molar-refractivity contribution < 1.29 is 4.79 Å². The maximum absolute atomic E-state index is 12.5. The van der Waals surface area contributed by atoms with Crippen molar-refractivity contribution in [1.82, 2.24) is 24.3 Å². The zero-order valence-electron chi connectivity index (χ0n) is 12.5. The molecule has 2 aromatic rings. The summed E-state index contributed by atoms with van der Waals surface area (Å²) in [6.07, 6.45) is 5.14. The van der Waals surface area contributed by atoms with E-state index in [9.17, 15) is 9.59 Å². The standard InChI is InChI=1S/C15H19N5O2/c1-18-8-9-20(10-12(18)15-16-5-6-17-15)14(22)11-19-7-3-2-4-13(19)21/h2-7,12H,8-11H2,1H3,(H,16,17)/t12-/m1/s1. The van der Waals surface area contributed by atoms with E-state index in [2.05, 4.69) is 14.9 Å². The molecule has 1 N–H and O–H groups in total. The number of imidazole rings is 1. The summed E-state index contributed by atoms with van der Waals surface area (Å²) >= 11 is 0. The summed E-state index contributed by atoms with van der Waals surface area (Å²) < 4.78 is 1.43. The number of nitrogens with one attached hydrogen (secondary N) is 1. The number of nitrogens with zero attached hydrogens (tertiary/aromatic N) is 4. The first-order chi connectivity index (χ1) is 10.6. The van der Waals surface area contributed by atoms with Gasteiger partial charge in [0.1, 0.15) is 12.4 Å². The van der Waals surface area contributed by atoms with Gasteiger partial charge in [-0.1, -0.05) is 6.07 Å². The van der Waals surface area contributed by atoms with Gasteiger partial charge in [-0.15, -0.1) is 0 Å².